The molecule has 1 aromatic rings. The van der Waals surface area contributed by atoms with Crippen LogP contribution in [0.5, 0.6) is 0 Å². The highest BCUT2D eigenvalue weighted by Gasteiger charge is 2.59. The molecule has 96 valence electrons. The number of esters is 1. The van der Waals surface area contributed by atoms with Crippen molar-refractivity contribution in [1.82, 2.24) is 0 Å². The minimum absolute atomic E-state index is 0.0193. The monoisotopic (exact) mass is 244 g/mol. The van der Waals surface area contributed by atoms with Gasteiger partial charge in [-0.15, -0.1) is 0 Å². The standard InChI is InChI=1S/C16H20O2/c1-15(2)13-9-8-11-6-4-5-7-12(11)10-16(15,3)14(17)18-13/h4-7,13H,8-10H2,1-3H3/t13-,16-/m1/s1. The lowest BCUT2D eigenvalue weighted by Gasteiger charge is -2.38. The summed E-state index contributed by atoms with van der Waals surface area (Å²) in [6.45, 7) is 6.42. The molecule has 1 aliphatic carbocycles. The van der Waals surface area contributed by atoms with Crippen molar-refractivity contribution in [3.05, 3.63) is 35.4 Å². The third-order valence-corrected chi connectivity index (χ3v) is 5.27. The second kappa shape index (κ2) is 3.59. The van der Waals surface area contributed by atoms with E-state index in [1.54, 1.807) is 0 Å². The summed E-state index contributed by atoms with van der Waals surface area (Å²) in [6, 6.07) is 8.48. The van der Waals surface area contributed by atoms with E-state index in [9.17, 15) is 4.79 Å². The third kappa shape index (κ3) is 1.38. The highest BCUT2D eigenvalue weighted by Crippen LogP contribution is 2.53. The lowest BCUT2D eigenvalue weighted by atomic mass is 9.61. The van der Waals surface area contributed by atoms with Crippen LogP contribution in [0.1, 0.15) is 38.3 Å². The number of fused-ring (bicyclic) bond motifs is 3. The van der Waals surface area contributed by atoms with Crippen LogP contribution in [0, 0.1) is 10.8 Å². The first-order chi connectivity index (χ1) is 8.45. The first-order valence-electron chi connectivity index (χ1n) is 6.73. The molecule has 0 saturated carbocycles. The Labute approximate surface area is 108 Å². The van der Waals surface area contributed by atoms with Crippen LogP contribution in [0.3, 0.4) is 0 Å². The molecule has 1 aromatic carbocycles. The SMILES string of the molecule is CC1(C)[C@H]2CCc3ccccc3C[C@]1(C)C(=O)O2. The summed E-state index contributed by atoms with van der Waals surface area (Å²) in [4.78, 5) is 12.3. The van der Waals surface area contributed by atoms with Crippen LogP contribution < -0.4 is 0 Å². The van der Waals surface area contributed by atoms with Gasteiger partial charge < -0.3 is 4.74 Å². The number of aryl methyl sites for hydroxylation is 1. The van der Waals surface area contributed by atoms with E-state index in [1.807, 2.05) is 0 Å². The summed E-state index contributed by atoms with van der Waals surface area (Å²) in [7, 11) is 0. The fraction of sp³-hybridized carbons (Fsp3) is 0.562. The molecule has 0 aromatic heterocycles. The van der Waals surface area contributed by atoms with Gasteiger partial charge in [0, 0.05) is 5.41 Å². The zero-order valence-corrected chi connectivity index (χ0v) is 11.3. The molecule has 0 unspecified atom stereocenters. The van der Waals surface area contributed by atoms with E-state index < -0.39 is 5.41 Å². The first kappa shape index (κ1) is 11.8. The Morgan fingerprint density at radius 3 is 2.56 bits per heavy atom. The van der Waals surface area contributed by atoms with E-state index in [0.717, 1.165) is 19.3 Å². The van der Waals surface area contributed by atoms with Gasteiger partial charge in [0.1, 0.15) is 6.10 Å². The third-order valence-electron chi connectivity index (χ3n) is 5.27. The van der Waals surface area contributed by atoms with Gasteiger partial charge in [0.05, 0.1) is 5.41 Å². The molecule has 3 rings (SSSR count). The van der Waals surface area contributed by atoms with Crippen molar-refractivity contribution in [1.29, 1.82) is 0 Å². The van der Waals surface area contributed by atoms with Gasteiger partial charge in [-0.3, -0.25) is 4.79 Å². The highest BCUT2D eigenvalue weighted by atomic mass is 16.6. The molecule has 0 radical (unpaired) electrons. The van der Waals surface area contributed by atoms with Crippen molar-refractivity contribution in [2.45, 2.75) is 46.1 Å². The molecule has 1 saturated heterocycles. The topological polar surface area (TPSA) is 26.3 Å². The van der Waals surface area contributed by atoms with E-state index in [2.05, 4.69) is 45.0 Å². The number of ether oxygens (including phenoxy) is 1. The van der Waals surface area contributed by atoms with Crippen LogP contribution in [0.15, 0.2) is 24.3 Å². The van der Waals surface area contributed by atoms with Gasteiger partial charge in [-0.2, -0.15) is 0 Å². The molecule has 2 nitrogen and oxygen atoms in total. The second-order valence-corrected chi connectivity index (χ2v) is 6.43. The van der Waals surface area contributed by atoms with Crippen molar-refractivity contribution in [2.75, 3.05) is 0 Å². The average molecular weight is 244 g/mol. The predicted octanol–water partition coefficient (Wildman–Crippen LogP) is 3.13. The number of carbonyl (C=O) groups excluding carboxylic acids is 1. The minimum atomic E-state index is -0.395. The fourth-order valence-electron chi connectivity index (χ4n) is 3.39. The van der Waals surface area contributed by atoms with E-state index in [-0.39, 0.29) is 17.5 Å². The van der Waals surface area contributed by atoms with Gasteiger partial charge in [-0.25, -0.2) is 0 Å². The average Bonchev–Trinajstić information content (AvgIpc) is 2.52. The molecular weight excluding hydrogens is 224 g/mol. The molecule has 2 heteroatoms. The Balaban J connectivity index is 2.13. The van der Waals surface area contributed by atoms with Crippen molar-refractivity contribution >= 4 is 5.97 Å². The molecule has 2 aliphatic rings. The second-order valence-electron chi connectivity index (χ2n) is 6.43. The Kier molecular flexibility index (Phi) is 2.35. The summed E-state index contributed by atoms with van der Waals surface area (Å²) < 4.78 is 5.66. The molecule has 2 atom stereocenters. The van der Waals surface area contributed by atoms with Gasteiger partial charge in [-0.05, 0) is 37.3 Å². The molecular formula is C16H20O2. The zero-order valence-electron chi connectivity index (χ0n) is 11.3. The summed E-state index contributed by atoms with van der Waals surface area (Å²) in [5.41, 5.74) is 2.21. The normalized spacial score (nSPS) is 33.3. The maximum Gasteiger partial charge on any atom is 0.313 e. The molecule has 1 fully saturated rings. The van der Waals surface area contributed by atoms with Crippen molar-refractivity contribution in [3.8, 4) is 0 Å². The van der Waals surface area contributed by atoms with E-state index in [0.29, 0.717) is 0 Å². The Bertz CT molecular complexity index is 504. The minimum Gasteiger partial charge on any atom is -0.461 e. The van der Waals surface area contributed by atoms with Gasteiger partial charge in [-0.1, -0.05) is 38.1 Å². The maximum atomic E-state index is 12.3. The lowest BCUT2D eigenvalue weighted by Crippen LogP contribution is -2.42. The van der Waals surface area contributed by atoms with Gasteiger partial charge in [0.25, 0.3) is 0 Å². The van der Waals surface area contributed by atoms with Crippen molar-refractivity contribution in [2.24, 2.45) is 10.8 Å². The molecule has 0 spiro atoms. The van der Waals surface area contributed by atoms with E-state index >= 15 is 0 Å². The maximum absolute atomic E-state index is 12.3. The molecule has 1 heterocycles. The van der Waals surface area contributed by atoms with Crippen LogP contribution in [0.2, 0.25) is 0 Å². The summed E-state index contributed by atoms with van der Waals surface area (Å²) in [5.74, 6) is -0.0193. The largest absolute Gasteiger partial charge is 0.461 e. The van der Waals surface area contributed by atoms with Crippen LogP contribution in [-0.2, 0) is 22.4 Å². The smallest absolute Gasteiger partial charge is 0.313 e. The zero-order chi connectivity index (χ0) is 13.0. The Morgan fingerprint density at radius 2 is 1.83 bits per heavy atom. The molecule has 2 bridgehead atoms. The van der Waals surface area contributed by atoms with Crippen molar-refractivity contribution in [3.63, 3.8) is 0 Å². The fourth-order valence-corrected chi connectivity index (χ4v) is 3.39. The lowest BCUT2D eigenvalue weighted by molar-refractivity contribution is -0.148. The Hall–Kier alpha value is -1.31. The van der Waals surface area contributed by atoms with Crippen LogP contribution >= 0.6 is 0 Å². The van der Waals surface area contributed by atoms with Crippen molar-refractivity contribution < 1.29 is 9.53 Å². The quantitative estimate of drug-likeness (QED) is 0.655. The first-order valence-corrected chi connectivity index (χ1v) is 6.73. The van der Waals surface area contributed by atoms with Gasteiger partial charge >= 0.3 is 5.97 Å². The van der Waals surface area contributed by atoms with E-state index in [4.69, 9.17) is 4.74 Å². The summed E-state index contributed by atoms with van der Waals surface area (Å²) >= 11 is 0. The van der Waals surface area contributed by atoms with Crippen LogP contribution in [-0.4, -0.2) is 12.1 Å². The number of rotatable bonds is 0. The van der Waals surface area contributed by atoms with E-state index in [1.165, 1.54) is 11.1 Å². The van der Waals surface area contributed by atoms with Gasteiger partial charge in [0.15, 0.2) is 0 Å². The summed E-state index contributed by atoms with van der Waals surface area (Å²) in [6.07, 6.45) is 2.80. The van der Waals surface area contributed by atoms with Gasteiger partial charge in [0.2, 0.25) is 0 Å². The number of hydrogen-bond donors (Lipinski definition) is 0. The number of carbonyl (C=O) groups is 1. The van der Waals surface area contributed by atoms with Crippen LogP contribution in [0.4, 0.5) is 0 Å². The highest BCUT2D eigenvalue weighted by molar-refractivity contribution is 5.80. The summed E-state index contributed by atoms with van der Waals surface area (Å²) in [5, 5.41) is 0. The van der Waals surface area contributed by atoms with Crippen LogP contribution in [0.25, 0.3) is 0 Å². The number of benzene rings is 1. The molecule has 0 amide bonds. The molecule has 18 heavy (non-hydrogen) atoms. The Morgan fingerprint density at radius 1 is 1.17 bits per heavy atom. The predicted molar refractivity (Wildman–Crippen MR) is 70.2 cm³/mol. The molecule has 0 N–H and O–H groups in total. The molecule has 1 aliphatic heterocycles. The number of hydrogen-bond acceptors (Lipinski definition) is 2.